The fraction of sp³-hybridized carbons (Fsp3) is 0.750. The number of hydrogen-bond acceptors (Lipinski definition) is 3. The van der Waals surface area contributed by atoms with Crippen molar-refractivity contribution >= 4 is 18.4 Å². The van der Waals surface area contributed by atoms with Crippen LogP contribution in [0.5, 0.6) is 0 Å². The lowest BCUT2D eigenvalue weighted by Gasteiger charge is -2.05. The summed E-state index contributed by atoms with van der Waals surface area (Å²) < 4.78 is 12.6. The van der Waals surface area contributed by atoms with Gasteiger partial charge in [0.1, 0.15) is 12.5 Å². The number of aldehydes is 1. The fourth-order valence-corrected chi connectivity index (χ4v) is 1.39. The molecule has 0 fully saturated rings. The van der Waals surface area contributed by atoms with Gasteiger partial charge in [-0.05, 0) is 25.7 Å². The Kier molecular flexibility index (Phi) is 10.4. The van der Waals surface area contributed by atoms with E-state index in [9.17, 15) is 14.0 Å². The van der Waals surface area contributed by atoms with Gasteiger partial charge < -0.3 is 15.5 Å². The van der Waals surface area contributed by atoms with E-state index in [0.717, 1.165) is 31.8 Å². The van der Waals surface area contributed by atoms with Gasteiger partial charge >= 0.3 is 0 Å². The molecule has 2 N–H and O–H groups in total. The number of alkyl halides is 1. The van der Waals surface area contributed by atoms with E-state index < -0.39 is 6.17 Å². The van der Waals surface area contributed by atoms with Crippen molar-refractivity contribution in [1.29, 1.82) is 5.41 Å². The molecule has 0 saturated heterocycles. The smallest absolute Gasteiger partial charge is 0.219 e. The van der Waals surface area contributed by atoms with Crippen LogP contribution in [0.3, 0.4) is 0 Å². The Morgan fingerprint density at radius 1 is 1.29 bits per heavy atom. The van der Waals surface area contributed by atoms with Crippen molar-refractivity contribution in [2.24, 2.45) is 0 Å². The van der Waals surface area contributed by atoms with E-state index >= 15 is 0 Å². The third-order valence-electron chi connectivity index (χ3n) is 2.39. The number of nitrogens with one attached hydrogen (secondary N) is 2. The van der Waals surface area contributed by atoms with Gasteiger partial charge in [-0.1, -0.05) is 6.42 Å². The van der Waals surface area contributed by atoms with Gasteiger partial charge in [0.2, 0.25) is 5.91 Å². The molecule has 0 spiro atoms. The summed E-state index contributed by atoms with van der Waals surface area (Å²) >= 11 is 0. The number of carbonyl (C=O) groups excluding carboxylic acids is 2. The molecule has 17 heavy (non-hydrogen) atoms. The SMILES string of the molecule is N=CC(F)CCCC(=O)NCCCCCC=O. The topological polar surface area (TPSA) is 70.0 Å². The quantitative estimate of drug-likeness (QED) is 0.331. The van der Waals surface area contributed by atoms with Crippen molar-refractivity contribution in [1.82, 2.24) is 5.32 Å². The third kappa shape index (κ3) is 11.0. The maximum Gasteiger partial charge on any atom is 0.219 e. The first-order valence-corrected chi connectivity index (χ1v) is 6.05. The largest absolute Gasteiger partial charge is 0.356 e. The average molecular weight is 244 g/mol. The van der Waals surface area contributed by atoms with Gasteiger partial charge in [0.25, 0.3) is 0 Å². The second-order valence-corrected chi connectivity index (χ2v) is 3.94. The zero-order valence-electron chi connectivity index (χ0n) is 10.1. The van der Waals surface area contributed by atoms with E-state index in [1.165, 1.54) is 0 Å². The highest BCUT2D eigenvalue weighted by Gasteiger charge is 2.04. The molecule has 0 aromatic heterocycles. The summed E-state index contributed by atoms with van der Waals surface area (Å²) in [4.78, 5) is 21.3. The van der Waals surface area contributed by atoms with Crippen LogP contribution in [-0.4, -0.2) is 31.1 Å². The summed E-state index contributed by atoms with van der Waals surface area (Å²) in [5, 5.41) is 9.40. The first-order valence-electron chi connectivity index (χ1n) is 6.05. The second-order valence-electron chi connectivity index (χ2n) is 3.94. The Morgan fingerprint density at radius 2 is 2.06 bits per heavy atom. The Labute approximate surface area is 101 Å². The molecule has 0 aromatic carbocycles. The molecule has 1 amide bonds. The Balaban J connectivity index is 3.28. The van der Waals surface area contributed by atoms with Crippen LogP contribution in [-0.2, 0) is 9.59 Å². The summed E-state index contributed by atoms with van der Waals surface area (Å²) in [6.07, 6.45) is 4.67. The van der Waals surface area contributed by atoms with E-state index in [1.807, 2.05) is 0 Å². The Hall–Kier alpha value is -1.26. The number of unbranched alkanes of at least 4 members (excludes halogenated alkanes) is 3. The normalized spacial score (nSPS) is 11.8. The van der Waals surface area contributed by atoms with Crippen molar-refractivity contribution in [2.75, 3.05) is 6.54 Å². The lowest BCUT2D eigenvalue weighted by molar-refractivity contribution is -0.121. The molecule has 0 rings (SSSR count). The minimum absolute atomic E-state index is 0.0717. The van der Waals surface area contributed by atoms with E-state index in [4.69, 9.17) is 5.41 Å². The van der Waals surface area contributed by atoms with Gasteiger partial charge in [0, 0.05) is 25.6 Å². The Morgan fingerprint density at radius 3 is 2.71 bits per heavy atom. The van der Waals surface area contributed by atoms with Gasteiger partial charge in [-0.3, -0.25) is 4.79 Å². The lowest BCUT2D eigenvalue weighted by atomic mass is 10.1. The first kappa shape index (κ1) is 15.7. The highest BCUT2D eigenvalue weighted by molar-refractivity contribution is 5.75. The van der Waals surface area contributed by atoms with Crippen molar-refractivity contribution in [3.05, 3.63) is 0 Å². The molecule has 0 aliphatic carbocycles. The average Bonchev–Trinajstić information content (AvgIpc) is 2.33. The molecule has 98 valence electrons. The van der Waals surface area contributed by atoms with E-state index in [-0.39, 0.29) is 12.3 Å². The molecule has 0 aliphatic heterocycles. The number of rotatable bonds is 11. The number of carbonyl (C=O) groups is 2. The highest BCUT2D eigenvalue weighted by Crippen LogP contribution is 2.02. The van der Waals surface area contributed by atoms with Crippen LogP contribution < -0.4 is 5.32 Å². The van der Waals surface area contributed by atoms with Crippen LogP contribution in [0, 0.1) is 5.41 Å². The molecule has 4 nitrogen and oxygen atoms in total. The molecule has 0 bridgehead atoms. The molecule has 1 atom stereocenters. The van der Waals surface area contributed by atoms with Crippen LogP contribution in [0.15, 0.2) is 0 Å². The van der Waals surface area contributed by atoms with Crippen molar-refractivity contribution in [2.45, 2.75) is 51.1 Å². The van der Waals surface area contributed by atoms with E-state index in [2.05, 4.69) is 5.32 Å². The second kappa shape index (κ2) is 11.2. The fourth-order valence-electron chi connectivity index (χ4n) is 1.39. The number of hydrogen-bond donors (Lipinski definition) is 2. The minimum atomic E-state index is -1.23. The lowest BCUT2D eigenvalue weighted by Crippen LogP contribution is -2.24. The standard InChI is InChI=1S/C12H21FN2O2/c13-11(10-14)6-5-7-12(17)15-8-3-1-2-4-9-16/h9-11,14H,1-8H2,(H,15,17). The van der Waals surface area contributed by atoms with Gasteiger partial charge in [-0.2, -0.15) is 0 Å². The summed E-state index contributed by atoms with van der Waals surface area (Å²) in [6, 6.07) is 0. The molecular weight excluding hydrogens is 223 g/mol. The first-order chi connectivity index (χ1) is 8.20. The van der Waals surface area contributed by atoms with Crippen molar-refractivity contribution < 1.29 is 14.0 Å². The predicted octanol–water partition coefficient (Wildman–Crippen LogP) is 2.02. The van der Waals surface area contributed by atoms with Gasteiger partial charge in [0.15, 0.2) is 0 Å². The predicted molar refractivity (Wildman–Crippen MR) is 65.1 cm³/mol. The molecule has 5 heteroatoms. The number of amides is 1. The molecule has 0 aromatic rings. The third-order valence-corrected chi connectivity index (χ3v) is 2.39. The summed E-state index contributed by atoms with van der Waals surface area (Å²) in [5.41, 5.74) is 0. The highest BCUT2D eigenvalue weighted by atomic mass is 19.1. The van der Waals surface area contributed by atoms with Crippen LogP contribution in [0.4, 0.5) is 4.39 Å². The molecule has 1 unspecified atom stereocenters. The van der Waals surface area contributed by atoms with Gasteiger partial charge in [-0.15, -0.1) is 0 Å². The maximum atomic E-state index is 12.6. The molecular formula is C12H21FN2O2. The minimum Gasteiger partial charge on any atom is -0.356 e. The monoisotopic (exact) mass is 244 g/mol. The van der Waals surface area contributed by atoms with Crippen LogP contribution in [0.1, 0.15) is 44.9 Å². The summed E-state index contributed by atoms with van der Waals surface area (Å²) in [7, 11) is 0. The molecule has 0 saturated carbocycles. The zero-order chi connectivity index (χ0) is 12.9. The van der Waals surface area contributed by atoms with Gasteiger partial charge in [-0.25, -0.2) is 4.39 Å². The molecule has 0 radical (unpaired) electrons. The maximum absolute atomic E-state index is 12.6. The van der Waals surface area contributed by atoms with Crippen LogP contribution in [0.2, 0.25) is 0 Å². The van der Waals surface area contributed by atoms with E-state index in [0.29, 0.717) is 25.8 Å². The van der Waals surface area contributed by atoms with E-state index in [1.54, 1.807) is 0 Å². The van der Waals surface area contributed by atoms with Crippen molar-refractivity contribution in [3.63, 3.8) is 0 Å². The molecule has 0 heterocycles. The Bertz CT molecular complexity index is 235. The van der Waals surface area contributed by atoms with Crippen LogP contribution >= 0.6 is 0 Å². The molecule has 0 aliphatic rings. The van der Waals surface area contributed by atoms with Crippen molar-refractivity contribution in [3.8, 4) is 0 Å². The van der Waals surface area contributed by atoms with Crippen LogP contribution in [0.25, 0.3) is 0 Å². The van der Waals surface area contributed by atoms with Gasteiger partial charge in [0.05, 0.1) is 0 Å². The summed E-state index contributed by atoms with van der Waals surface area (Å²) in [6.45, 7) is 0.612. The zero-order valence-corrected chi connectivity index (χ0v) is 10.1. The number of halogens is 1. The summed E-state index contributed by atoms with van der Waals surface area (Å²) in [5.74, 6) is -0.0717.